The Balaban J connectivity index is 2.44. The van der Waals surface area contributed by atoms with E-state index in [4.69, 9.17) is 20.3 Å². The van der Waals surface area contributed by atoms with Crippen LogP contribution in [0.3, 0.4) is 0 Å². The molecule has 1 rings (SSSR count). The molecule has 112 valence electrons. The van der Waals surface area contributed by atoms with Gasteiger partial charge in [-0.25, -0.2) is 0 Å². The lowest BCUT2D eigenvalue weighted by molar-refractivity contribution is 0.291. The van der Waals surface area contributed by atoms with Crippen LogP contribution in [0.15, 0.2) is 23.2 Å². The van der Waals surface area contributed by atoms with Gasteiger partial charge < -0.3 is 25.6 Å². The van der Waals surface area contributed by atoms with Gasteiger partial charge in [-0.15, -0.1) is 0 Å². The van der Waals surface area contributed by atoms with Crippen LogP contribution in [0.2, 0.25) is 0 Å². The van der Waals surface area contributed by atoms with Gasteiger partial charge in [0.05, 0.1) is 14.2 Å². The molecule has 1 aromatic rings. The number of nitrogens with one attached hydrogen (secondary N) is 1. The summed E-state index contributed by atoms with van der Waals surface area (Å²) >= 11 is 0. The third-order valence-corrected chi connectivity index (χ3v) is 2.77. The summed E-state index contributed by atoms with van der Waals surface area (Å²) in [5.41, 5.74) is 6.82. The first-order valence-corrected chi connectivity index (χ1v) is 6.56. The van der Waals surface area contributed by atoms with E-state index < -0.39 is 0 Å². The van der Waals surface area contributed by atoms with Gasteiger partial charge in [0.25, 0.3) is 0 Å². The molecule has 0 heterocycles. The number of methoxy groups -OCH3 is 2. The highest BCUT2D eigenvalue weighted by Crippen LogP contribution is 2.27. The van der Waals surface area contributed by atoms with Crippen molar-refractivity contribution in [3.05, 3.63) is 23.8 Å². The van der Waals surface area contributed by atoms with Crippen LogP contribution in [-0.4, -0.2) is 45.0 Å². The minimum atomic E-state index is 0.127. The van der Waals surface area contributed by atoms with Crippen LogP contribution in [0.4, 0.5) is 0 Å². The molecule has 0 saturated heterocycles. The Morgan fingerprint density at radius 3 is 2.70 bits per heavy atom. The smallest absolute Gasteiger partial charge is 0.188 e. The fourth-order valence-corrected chi connectivity index (χ4v) is 1.70. The standard InChI is InChI=1S/C14H23N3O3/c1-19-12-5-4-11(10-13(12)20-2)6-8-17-14(15)16-7-3-9-18/h4-5,10,18H,3,6-9H2,1-2H3,(H3,15,16,17). The van der Waals surface area contributed by atoms with Crippen LogP contribution in [0.5, 0.6) is 11.5 Å². The molecule has 0 radical (unpaired) electrons. The number of nitrogens with two attached hydrogens (primary N) is 1. The highest BCUT2D eigenvalue weighted by atomic mass is 16.5. The van der Waals surface area contributed by atoms with Gasteiger partial charge in [0.1, 0.15) is 0 Å². The van der Waals surface area contributed by atoms with Gasteiger partial charge in [0.2, 0.25) is 0 Å². The molecular weight excluding hydrogens is 258 g/mol. The Morgan fingerprint density at radius 2 is 2.05 bits per heavy atom. The summed E-state index contributed by atoms with van der Waals surface area (Å²) < 4.78 is 10.4. The van der Waals surface area contributed by atoms with Crippen molar-refractivity contribution in [2.45, 2.75) is 12.8 Å². The summed E-state index contributed by atoms with van der Waals surface area (Å²) in [5.74, 6) is 1.84. The lowest BCUT2D eigenvalue weighted by Crippen LogP contribution is -2.33. The summed E-state index contributed by atoms with van der Waals surface area (Å²) in [6, 6.07) is 5.81. The highest BCUT2D eigenvalue weighted by molar-refractivity contribution is 5.77. The second-order valence-electron chi connectivity index (χ2n) is 4.21. The second-order valence-corrected chi connectivity index (χ2v) is 4.21. The maximum atomic E-state index is 8.64. The molecule has 0 aliphatic carbocycles. The van der Waals surface area contributed by atoms with E-state index >= 15 is 0 Å². The maximum absolute atomic E-state index is 8.64. The molecule has 20 heavy (non-hydrogen) atoms. The molecule has 4 N–H and O–H groups in total. The molecule has 6 heteroatoms. The van der Waals surface area contributed by atoms with Gasteiger partial charge in [-0.3, -0.25) is 4.99 Å². The van der Waals surface area contributed by atoms with Gasteiger partial charge >= 0.3 is 0 Å². The Labute approximate surface area is 119 Å². The normalized spacial score (nSPS) is 11.2. The maximum Gasteiger partial charge on any atom is 0.188 e. The molecule has 6 nitrogen and oxygen atoms in total. The number of guanidine groups is 1. The van der Waals surface area contributed by atoms with E-state index in [0.29, 0.717) is 31.2 Å². The van der Waals surface area contributed by atoms with Gasteiger partial charge in [-0.1, -0.05) is 6.07 Å². The number of ether oxygens (including phenoxy) is 2. The van der Waals surface area contributed by atoms with Crippen molar-refractivity contribution in [2.24, 2.45) is 10.7 Å². The summed E-state index contributed by atoms with van der Waals surface area (Å²) in [4.78, 5) is 4.08. The number of aliphatic imine (C=N–C) groups is 1. The van der Waals surface area contributed by atoms with Crippen LogP contribution >= 0.6 is 0 Å². The van der Waals surface area contributed by atoms with Crippen molar-refractivity contribution < 1.29 is 14.6 Å². The average Bonchev–Trinajstić information content (AvgIpc) is 2.47. The van der Waals surface area contributed by atoms with E-state index in [2.05, 4.69) is 10.3 Å². The van der Waals surface area contributed by atoms with Crippen LogP contribution in [0.25, 0.3) is 0 Å². The van der Waals surface area contributed by atoms with Crippen LogP contribution in [0.1, 0.15) is 12.0 Å². The molecule has 0 spiro atoms. The zero-order valence-corrected chi connectivity index (χ0v) is 12.1. The first-order chi connectivity index (χ1) is 9.71. The summed E-state index contributed by atoms with van der Waals surface area (Å²) in [5, 5.41) is 11.7. The number of aliphatic hydroxyl groups is 1. The Bertz CT molecular complexity index is 436. The van der Waals surface area contributed by atoms with Crippen molar-refractivity contribution >= 4 is 5.96 Å². The third kappa shape index (κ3) is 5.36. The van der Waals surface area contributed by atoms with Crippen molar-refractivity contribution in [2.75, 3.05) is 33.9 Å². The molecule has 0 aliphatic rings. The van der Waals surface area contributed by atoms with Gasteiger partial charge in [0.15, 0.2) is 17.5 Å². The molecule has 0 unspecified atom stereocenters. The fourth-order valence-electron chi connectivity index (χ4n) is 1.70. The molecule has 0 aromatic heterocycles. The van der Waals surface area contributed by atoms with Crippen LogP contribution in [-0.2, 0) is 6.42 Å². The Kier molecular flexibility index (Phi) is 7.27. The third-order valence-electron chi connectivity index (χ3n) is 2.77. The first kappa shape index (κ1) is 16.1. The molecule has 0 aliphatic heterocycles. The van der Waals surface area contributed by atoms with Gasteiger partial charge in [0, 0.05) is 19.7 Å². The van der Waals surface area contributed by atoms with Crippen LogP contribution in [0, 0.1) is 0 Å². The van der Waals surface area contributed by atoms with Crippen molar-refractivity contribution in [3.8, 4) is 11.5 Å². The van der Waals surface area contributed by atoms with E-state index in [-0.39, 0.29) is 6.61 Å². The van der Waals surface area contributed by atoms with Crippen LogP contribution < -0.4 is 20.5 Å². The molecule has 0 saturated carbocycles. The largest absolute Gasteiger partial charge is 0.493 e. The van der Waals surface area contributed by atoms with E-state index in [9.17, 15) is 0 Å². The fraction of sp³-hybridized carbons (Fsp3) is 0.500. The molecule has 0 atom stereocenters. The lowest BCUT2D eigenvalue weighted by Gasteiger charge is -2.10. The molecule has 0 fully saturated rings. The zero-order chi connectivity index (χ0) is 14.8. The number of nitrogens with zero attached hydrogens (tertiary/aromatic N) is 1. The van der Waals surface area contributed by atoms with E-state index in [0.717, 1.165) is 17.7 Å². The first-order valence-electron chi connectivity index (χ1n) is 6.56. The van der Waals surface area contributed by atoms with E-state index in [1.165, 1.54) is 0 Å². The van der Waals surface area contributed by atoms with Gasteiger partial charge in [-0.2, -0.15) is 0 Å². The van der Waals surface area contributed by atoms with Crippen molar-refractivity contribution in [1.82, 2.24) is 5.32 Å². The monoisotopic (exact) mass is 281 g/mol. The topological polar surface area (TPSA) is 89.1 Å². The minimum absolute atomic E-state index is 0.127. The quantitative estimate of drug-likeness (QED) is 0.367. The summed E-state index contributed by atoms with van der Waals surface area (Å²) in [6.07, 6.45) is 1.43. The number of hydrogen-bond donors (Lipinski definition) is 3. The average molecular weight is 281 g/mol. The van der Waals surface area contributed by atoms with Crippen molar-refractivity contribution in [1.29, 1.82) is 0 Å². The molecule has 0 amide bonds. The van der Waals surface area contributed by atoms with E-state index in [1.54, 1.807) is 14.2 Å². The Hall–Kier alpha value is -1.95. The van der Waals surface area contributed by atoms with E-state index in [1.807, 2.05) is 18.2 Å². The summed E-state index contributed by atoms with van der Waals surface area (Å²) in [6.45, 7) is 1.35. The number of aliphatic hydroxyl groups excluding tert-OH is 1. The number of benzene rings is 1. The minimum Gasteiger partial charge on any atom is -0.493 e. The Morgan fingerprint density at radius 1 is 1.30 bits per heavy atom. The highest BCUT2D eigenvalue weighted by Gasteiger charge is 2.04. The predicted molar refractivity (Wildman–Crippen MR) is 79.4 cm³/mol. The number of rotatable bonds is 8. The molecule has 1 aromatic carbocycles. The number of hydrogen-bond acceptors (Lipinski definition) is 4. The predicted octanol–water partition coefficient (Wildman–Crippen LogP) is 0.533. The summed E-state index contributed by atoms with van der Waals surface area (Å²) in [7, 11) is 3.23. The second kappa shape index (κ2) is 9.03. The van der Waals surface area contributed by atoms with Gasteiger partial charge in [-0.05, 0) is 30.5 Å². The zero-order valence-electron chi connectivity index (χ0n) is 12.1. The molecule has 0 bridgehead atoms. The van der Waals surface area contributed by atoms with Crippen molar-refractivity contribution in [3.63, 3.8) is 0 Å². The molecular formula is C14H23N3O3. The lowest BCUT2D eigenvalue weighted by atomic mass is 10.1. The SMILES string of the molecule is COc1ccc(CCNC(N)=NCCCO)cc1OC.